The molecule has 1 aliphatic carbocycles. The number of nitrogens with one attached hydrogen (secondary N) is 1. The first-order chi connectivity index (χ1) is 17.1. The third kappa shape index (κ3) is 3.85. The Morgan fingerprint density at radius 1 is 0.971 bits per heavy atom. The van der Waals surface area contributed by atoms with Crippen molar-refractivity contribution in [2.75, 3.05) is 18.4 Å². The van der Waals surface area contributed by atoms with Crippen molar-refractivity contribution in [1.29, 1.82) is 0 Å². The smallest absolute Gasteiger partial charge is 0.259 e. The number of likely N-dealkylation sites (tertiary alicyclic amines) is 1. The molecule has 174 valence electrons. The van der Waals surface area contributed by atoms with Crippen LogP contribution in [0, 0.1) is 0 Å². The van der Waals surface area contributed by atoms with Gasteiger partial charge >= 0.3 is 0 Å². The fourth-order valence-corrected chi connectivity index (χ4v) is 5.04. The van der Waals surface area contributed by atoms with Crippen LogP contribution in [0.3, 0.4) is 0 Å². The van der Waals surface area contributed by atoms with Gasteiger partial charge in [0, 0.05) is 24.1 Å². The van der Waals surface area contributed by atoms with Gasteiger partial charge in [-0.1, -0.05) is 36.4 Å². The van der Waals surface area contributed by atoms with Gasteiger partial charge in [-0.05, 0) is 54.3 Å². The van der Waals surface area contributed by atoms with Crippen molar-refractivity contribution < 1.29 is 14.0 Å². The highest BCUT2D eigenvalue weighted by atomic mass is 16.3. The average molecular weight is 465 g/mol. The largest absolute Gasteiger partial charge is 0.472 e. The quantitative estimate of drug-likeness (QED) is 0.465. The predicted octanol–water partition coefficient (Wildman–Crippen LogP) is 4.92. The average Bonchev–Trinajstić information content (AvgIpc) is 3.66. The van der Waals surface area contributed by atoms with Crippen LogP contribution >= 0.6 is 0 Å². The minimum atomic E-state index is -0.265. The highest BCUT2D eigenvalue weighted by molar-refractivity contribution is 6.03. The molecule has 2 aromatic heterocycles. The molecule has 0 unspecified atom stereocenters. The number of piperidine rings is 1. The van der Waals surface area contributed by atoms with Crippen molar-refractivity contribution in [2.24, 2.45) is 0 Å². The lowest BCUT2D eigenvalue weighted by molar-refractivity contribution is 0.0690. The van der Waals surface area contributed by atoms with Gasteiger partial charge in [-0.15, -0.1) is 0 Å². The zero-order valence-corrected chi connectivity index (χ0v) is 19.1. The van der Waals surface area contributed by atoms with E-state index in [2.05, 4.69) is 46.8 Å². The minimum Gasteiger partial charge on any atom is -0.472 e. The molecule has 7 nitrogen and oxygen atoms in total. The highest BCUT2D eigenvalue weighted by Gasteiger charge is 2.38. The summed E-state index contributed by atoms with van der Waals surface area (Å²) in [5, 5.41) is 7.11. The summed E-state index contributed by atoms with van der Waals surface area (Å²) in [5.41, 5.74) is 5.21. The second-order valence-electron chi connectivity index (χ2n) is 9.06. The Bertz CT molecular complexity index is 1410. The molecule has 35 heavy (non-hydrogen) atoms. The number of nitrogens with zero attached hydrogens (tertiary/aromatic N) is 3. The molecule has 7 heteroatoms. The van der Waals surface area contributed by atoms with Crippen LogP contribution in [0.15, 0.2) is 90.0 Å². The van der Waals surface area contributed by atoms with Gasteiger partial charge in [-0.3, -0.25) is 9.59 Å². The van der Waals surface area contributed by atoms with E-state index in [9.17, 15) is 9.59 Å². The monoisotopic (exact) mass is 464 g/mol. The highest BCUT2D eigenvalue weighted by Crippen LogP contribution is 2.43. The van der Waals surface area contributed by atoms with E-state index < -0.39 is 0 Å². The maximum absolute atomic E-state index is 13.2. The third-order valence-electron chi connectivity index (χ3n) is 7.02. The zero-order chi connectivity index (χ0) is 23.8. The minimum absolute atomic E-state index is 0.0511. The lowest BCUT2D eigenvalue weighted by Crippen LogP contribution is -2.44. The Kier molecular flexibility index (Phi) is 5.10. The zero-order valence-electron chi connectivity index (χ0n) is 19.1. The molecule has 0 radical (unpaired) electrons. The molecule has 3 heterocycles. The molecule has 2 aliphatic rings. The first-order valence-electron chi connectivity index (χ1n) is 11.7. The predicted molar refractivity (Wildman–Crippen MR) is 133 cm³/mol. The standard InChI is InChI=1S/C28H24N4O3/c33-26(22-10-16-35-19-22)30-23-17-29-32(18-23)24-7-5-21(6-8-24)27(34)31-14-12-28(13-15-31)11-9-20-3-1-2-4-25(20)28/h1-11,16-19H,12-15H2,(H,30,33). The van der Waals surface area contributed by atoms with Gasteiger partial charge < -0.3 is 14.6 Å². The SMILES string of the molecule is O=C(Nc1cnn(-c2ccc(C(=O)N3CCC4(C=Cc5ccccc54)CC3)cc2)c1)c1ccoc1. The summed E-state index contributed by atoms with van der Waals surface area (Å²) < 4.78 is 6.61. The molecule has 1 aliphatic heterocycles. The maximum Gasteiger partial charge on any atom is 0.259 e. The summed E-state index contributed by atoms with van der Waals surface area (Å²) in [7, 11) is 0. The summed E-state index contributed by atoms with van der Waals surface area (Å²) in [5.74, 6) is -0.214. The fourth-order valence-electron chi connectivity index (χ4n) is 5.04. The Balaban J connectivity index is 1.10. The number of carbonyl (C=O) groups is 2. The Morgan fingerprint density at radius 3 is 2.54 bits per heavy atom. The number of fused-ring (bicyclic) bond motifs is 2. The third-order valence-corrected chi connectivity index (χ3v) is 7.02. The Hall–Kier alpha value is -4.39. The second-order valence-corrected chi connectivity index (χ2v) is 9.06. The van der Waals surface area contributed by atoms with Crippen molar-refractivity contribution >= 4 is 23.6 Å². The van der Waals surface area contributed by atoms with E-state index in [0.717, 1.165) is 31.6 Å². The number of carbonyl (C=O) groups excluding carboxylic acids is 2. The molecule has 6 rings (SSSR count). The topological polar surface area (TPSA) is 80.4 Å². The maximum atomic E-state index is 13.2. The van der Waals surface area contributed by atoms with Crippen LogP contribution in [-0.4, -0.2) is 39.6 Å². The number of anilines is 1. The lowest BCUT2D eigenvalue weighted by Gasteiger charge is -2.39. The fraction of sp³-hybridized carbons (Fsp3) is 0.179. The van der Waals surface area contributed by atoms with Gasteiger partial charge in [0.25, 0.3) is 11.8 Å². The first kappa shape index (κ1) is 21.2. The van der Waals surface area contributed by atoms with E-state index in [1.165, 1.54) is 23.7 Å². The van der Waals surface area contributed by atoms with E-state index in [1.54, 1.807) is 23.1 Å². The van der Waals surface area contributed by atoms with E-state index in [0.29, 0.717) is 16.8 Å². The molecule has 0 bridgehead atoms. The number of amides is 2. The molecule has 0 saturated carbocycles. The normalized spacial score (nSPS) is 15.8. The number of benzene rings is 2. The summed E-state index contributed by atoms with van der Waals surface area (Å²) >= 11 is 0. The van der Waals surface area contributed by atoms with Gasteiger partial charge in [0.2, 0.25) is 0 Å². The van der Waals surface area contributed by atoms with E-state index in [4.69, 9.17) is 4.42 Å². The molecule has 2 amide bonds. The van der Waals surface area contributed by atoms with Crippen LogP contribution in [0.5, 0.6) is 0 Å². The molecular weight excluding hydrogens is 440 g/mol. The number of furan rings is 1. The number of hydrogen-bond donors (Lipinski definition) is 1. The van der Waals surface area contributed by atoms with Crippen LogP contribution in [-0.2, 0) is 5.41 Å². The molecule has 2 aromatic carbocycles. The van der Waals surface area contributed by atoms with E-state index in [1.807, 2.05) is 29.2 Å². The molecule has 1 saturated heterocycles. The molecule has 1 fully saturated rings. The number of hydrogen-bond acceptors (Lipinski definition) is 4. The summed E-state index contributed by atoms with van der Waals surface area (Å²) in [6, 6.07) is 17.5. The Labute approximate surface area is 202 Å². The van der Waals surface area contributed by atoms with Crippen molar-refractivity contribution in [3.8, 4) is 5.69 Å². The molecule has 1 N–H and O–H groups in total. The summed E-state index contributed by atoms with van der Waals surface area (Å²) in [6.45, 7) is 1.47. The van der Waals surface area contributed by atoms with Crippen molar-refractivity contribution in [3.05, 3.63) is 108 Å². The number of allylic oxidation sites excluding steroid dienone is 1. The van der Waals surface area contributed by atoms with Crippen molar-refractivity contribution in [2.45, 2.75) is 18.3 Å². The van der Waals surface area contributed by atoms with Crippen LogP contribution in [0.25, 0.3) is 11.8 Å². The first-order valence-corrected chi connectivity index (χ1v) is 11.7. The molecular formula is C28H24N4O3. The Morgan fingerprint density at radius 2 is 1.77 bits per heavy atom. The van der Waals surface area contributed by atoms with Crippen LogP contribution in [0.4, 0.5) is 5.69 Å². The number of aromatic nitrogens is 2. The number of rotatable bonds is 4. The van der Waals surface area contributed by atoms with E-state index in [-0.39, 0.29) is 17.2 Å². The summed E-state index contributed by atoms with van der Waals surface area (Å²) in [6.07, 6.45) is 12.6. The van der Waals surface area contributed by atoms with Crippen LogP contribution in [0.1, 0.15) is 44.7 Å². The van der Waals surface area contributed by atoms with Gasteiger partial charge in [-0.2, -0.15) is 5.10 Å². The molecule has 0 atom stereocenters. The van der Waals surface area contributed by atoms with E-state index >= 15 is 0 Å². The molecule has 1 spiro atoms. The molecule has 4 aromatic rings. The van der Waals surface area contributed by atoms with Crippen LogP contribution < -0.4 is 5.32 Å². The summed E-state index contributed by atoms with van der Waals surface area (Å²) in [4.78, 5) is 27.3. The lowest BCUT2D eigenvalue weighted by atomic mass is 9.74. The van der Waals surface area contributed by atoms with Crippen molar-refractivity contribution in [3.63, 3.8) is 0 Å². The van der Waals surface area contributed by atoms with Gasteiger partial charge in [0.15, 0.2) is 0 Å². The van der Waals surface area contributed by atoms with Crippen molar-refractivity contribution in [1.82, 2.24) is 14.7 Å². The van der Waals surface area contributed by atoms with Crippen LogP contribution in [0.2, 0.25) is 0 Å². The second kappa shape index (κ2) is 8.43. The van der Waals surface area contributed by atoms with Gasteiger partial charge in [0.1, 0.15) is 6.26 Å². The van der Waals surface area contributed by atoms with Gasteiger partial charge in [0.05, 0.1) is 35.6 Å². The van der Waals surface area contributed by atoms with Gasteiger partial charge in [-0.25, -0.2) is 4.68 Å².